The SMILES string of the molecule is Cc1nn(CC(=O)Nc2cccc(Cl)c2C)c(C)c1[N+](=O)[O-]. The number of rotatable bonds is 4. The van der Waals surface area contributed by atoms with E-state index in [4.69, 9.17) is 11.6 Å². The molecule has 7 nitrogen and oxygen atoms in total. The van der Waals surface area contributed by atoms with Gasteiger partial charge < -0.3 is 5.32 Å². The molecule has 8 heteroatoms. The second-order valence-corrected chi connectivity index (χ2v) is 5.30. The predicted molar refractivity (Wildman–Crippen MR) is 83.2 cm³/mol. The summed E-state index contributed by atoms with van der Waals surface area (Å²) in [5.74, 6) is -0.328. The van der Waals surface area contributed by atoms with Crippen LogP contribution in [0.3, 0.4) is 0 Å². The van der Waals surface area contributed by atoms with Crippen molar-refractivity contribution in [2.24, 2.45) is 0 Å². The molecule has 0 unspecified atom stereocenters. The lowest BCUT2D eigenvalue weighted by molar-refractivity contribution is -0.386. The Bertz CT molecular complexity index is 755. The van der Waals surface area contributed by atoms with Gasteiger partial charge in [-0.3, -0.25) is 19.6 Å². The van der Waals surface area contributed by atoms with Gasteiger partial charge in [0.1, 0.15) is 17.9 Å². The van der Waals surface area contributed by atoms with Crippen LogP contribution < -0.4 is 5.32 Å². The van der Waals surface area contributed by atoms with Gasteiger partial charge in [0.25, 0.3) is 0 Å². The number of carbonyl (C=O) groups is 1. The van der Waals surface area contributed by atoms with Crippen LogP contribution in [0.25, 0.3) is 0 Å². The van der Waals surface area contributed by atoms with Crippen LogP contribution in [-0.4, -0.2) is 20.6 Å². The number of halogens is 1. The first-order valence-electron chi connectivity index (χ1n) is 6.54. The summed E-state index contributed by atoms with van der Waals surface area (Å²) in [4.78, 5) is 22.6. The Morgan fingerprint density at radius 1 is 1.41 bits per heavy atom. The molecule has 0 aliphatic carbocycles. The summed E-state index contributed by atoms with van der Waals surface area (Å²) in [5.41, 5.74) is 1.94. The maximum atomic E-state index is 12.1. The summed E-state index contributed by atoms with van der Waals surface area (Å²) in [5, 5.41) is 18.3. The quantitative estimate of drug-likeness (QED) is 0.692. The third kappa shape index (κ3) is 3.09. The fourth-order valence-corrected chi connectivity index (χ4v) is 2.35. The van der Waals surface area contributed by atoms with E-state index in [1.165, 1.54) is 4.68 Å². The molecule has 1 heterocycles. The molecule has 1 aromatic heterocycles. The molecule has 0 spiro atoms. The minimum absolute atomic E-state index is 0.0632. The first kappa shape index (κ1) is 16.0. The molecule has 22 heavy (non-hydrogen) atoms. The molecule has 0 aliphatic rings. The van der Waals surface area contributed by atoms with E-state index in [1.54, 1.807) is 39.0 Å². The number of anilines is 1. The summed E-state index contributed by atoms with van der Waals surface area (Å²) >= 11 is 6.00. The van der Waals surface area contributed by atoms with Crippen LogP contribution in [0.4, 0.5) is 11.4 Å². The Morgan fingerprint density at radius 2 is 2.09 bits per heavy atom. The molecule has 1 aromatic carbocycles. The van der Waals surface area contributed by atoms with Crippen molar-refractivity contribution in [3.8, 4) is 0 Å². The van der Waals surface area contributed by atoms with E-state index < -0.39 is 4.92 Å². The molecule has 0 fully saturated rings. The Labute approximate surface area is 132 Å². The maximum Gasteiger partial charge on any atom is 0.312 e. The van der Waals surface area contributed by atoms with Gasteiger partial charge in [-0.25, -0.2) is 0 Å². The monoisotopic (exact) mass is 322 g/mol. The third-order valence-electron chi connectivity index (χ3n) is 3.36. The van der Waals surface area contributed by atoms with Crippen molar-refractivity contribution in [1.29, 1.82) is 0 Å². The van der Waals surface area contributed by atoms with E-state index >= 15 is 0 Å². The summed E-state index contributed by atoms with van der Waals surface area (Å²) in [6.45, 7) is 4.80. The van der Waals surface area contributed by atoms with Crippen molar-refractivity contribution >= 4 is 28.9 Å². The number of amides is 1. The van der Waals surface area contributed by atoms with Gasteiger partial charge in [0.2, 0.25) is 5.91 Å². The molecule has 0 saturated heterocycles. The number of nitrogens with zero attached hydrogens (tertiary/aromatic N) is 3. The zero-order valence-electron chi connectivity index (χ0n) is 12.4. The maximum absolute atomic E-state index is 12.1. The first-order valence-corrected chi connectivity index (χ1v) is 6.92. The van der Waals surface area contributed by atoms with Gasteiger partial charge in [-0.2, -0.15) is 5.10 Å². The van der Waals surface area contributed by atoms with E-state index in [9.17, 15) is 14.9 Å². The third-order valence-corrected chi connectivity index (χ3v) is 3.77. The number of aromatic nitrogens is 2. The van der Waals surface area contributed by atoms with Crippen LogP contribution in [0.15, 0.2) is 18.2 Å². The van der Waals surface area contributed by atoms with E-state index in [1.807, 2.05) is 0 Å². The molecule has 0 atom stereocenters. The highest BCUT2D eigenvalue weighted by Gasteiger charge is 2.22. The molecule has 0 radical (unpaired) electrons. The van der Waals surface area contributed by atoms with Crippen LogP contribution in [-0.2, 0) is 11.3 Å². The van der Waals surface area contributed by atoms with Gasteiger partial charge in [0, 0.05) is 10.7 Å². The largest absolute Gasteiger partial charge is 0.324 e. The van der Waals surface area contributed by atoms with Gasteiger partial charge >= 0.3 is 5.69 Å². The predicted octanol–water partition coefficient (Wildman–Crippen LogP) is 3.01. The standard InChI is InChI=1S/C14H15ClN4O3/c1-8-11(15)5-4-6-12(8)16-13(20)7-18-10(3)14(19(21)22)9(2)17-18/h4-6H,7H2,1-3H3,(H,16,20). The average molecular weight is 323 g/mol. The van der Waals surface area contributed by atoms with Gasteiger partial charge in [0.15, 0.2) is 0 Å². The van der Waals surface area contributed by atoms with Gasteiger partial charge in [-0.1, -0.05) is 17.7 Å². The minimum atomic E-state index is -0.493. The van der Waals surface area contributed by atoms with Gasteiger partial charge in [0.05, 0.1) is 4.92 Å². The Hall–Kier alpha value is -2.41. The molecule has 1 N–H and O–H groups in total. The molecule has 0 bridgehead atoms. The second kappa shape index (κ2) is 6.15. The Balaban J connectivity index is 2.18. The number of carbonyl (C=O) groups excluding carboxylic acids is 1. The van der Waals surface area contributed by atoms with Crippen molar-refractivity contribution in [2.45, 2.75) is 27.3 Å². The summed E-state index contributed by atoms with van der Waals surface area (Å²) in [6.07, 6.45) is 0. The highest BCUT2D eigenvalue weighted by molar-refractivity contribution is 6.31. The molecular weight excluding hydrogens is 308 g/mol. The molecule has 0 aliphatic heterocycles. The van der Waals surface area contributed by atoms with Crippen LogP contribution >= 0.6 is 11.6 Å². The molecule has 1 amide bonds. The first-order chi connectivity index (χ1) is 10.3. The highest BCUT2D eigenvalue weighted by atomic mass is 35.5. The van der Waals surface area contributed by atoms with Crippen molar-refractivity contribution in [1.82, 2.24) is 9.78 Å². The number of aryl methyl sites for hydroxylation is 1. The molecule has 0 saturated carbocycles. The van der Waals surface area contributed by atoms with Crippen molar-refractivity contribution in [3.05, 3.63) is 50.3 Å². The van der Waals surface area contributed by atoms with E-state index in [2.05, 4.69) is 10.4 Å². The van der Waals surface area contributed by atoms with Crippen LogP contribution in [0, 0.1) is 30.9 Å². The number of nitro groups is 1. The number of nitrogens with one attached hydrogen (secondary N) is 1. The molecule has 2 rings (SSSR count). The normalized spacial score (nSPS) is 10.5. The number of hydrogen-bond acceptors (Lipinski definition) is 4. The fourth-order valence-electron chi connectivity index (χ4n) is 2.17. The lowest BCUT2D eigenvalue weighted by Crippen LogP contribution is -2.20. The van der Waals surface area contributed by atoms with Crippen LogP contribution in [0.5, 0.6) is 0 Å². The lowest BCUT2D eigenvalue weighted by Gasteiger charge is -2.10. The van der Waals surface area contributed by atoms with Crippen molar-refractivity contribution in [2.75, 3.05) is 5.32 Å². The smallest absolute Gasteiger partial charge is 0.312 e. The minimum Gasteiger partial charge on any atom is -0.324 e. The van der Waals surface area contributed by atoms with E-state index in [-0.39, 0.29) is 23.8 Å². The van der Waals surface area contributed by atoms with Gasteiger partial charge in [-0.15, -0.1) is 0 Å². The molecular formula is C14H15ClN4O3. The summed E-state index contributed by atoms with van der Waals surface area (Å²) < 4.78 is 1.32. The topological polar surface area (TPSA) is 90.1 Å². The summed E-state index contributed by atoms with van der Waals surface area (Å²) in [7, 11) is 0. The Kier molecular flexibility index (Phi) is 4.46. The average Bonchev–Trinajstić information content (AvgIpc) is 2.69. The van der Waals surface area contributed by atoms with E-state index in [0.717, 1.165) is 5.56 Å². The number of benzene rings is 1. The fraction of sp³-hybridized carbons (Fsp3) is 0.286. The second-order valence-electron chi connectivity index (χ2n) is 4.89. The molecule has 2 aromatic rings. The molecule has 116 valence electrons. The van der Waals surface area contributed by atoms with Gasteiger partial charge in [-0.05, 0) is 38.5 Å². The van der Waals surface area contributed by atoms with Crippen molar-refractivity contribution in [3.63, 3.8) is 0 Å². The Morgan fingerprint density at radius 3 is 2.68 bits per heavy atom. The van der Waals surface area contributed by atoms with Crippen molar-refractivity contribution < 1.29 is 9.72 Å². The van der Waals surface area contributed by atoms with Crippen LogP contribution in [0.2, 0.25) is 5.02 Å². The van der Waals surface area contributed by atoms with E-state index in [0.29, 0.717) is 16.4 Å². The van der Waals surface area contributed by atoms with Crippen LogP contribution in [0.1, 0.15) is 17.0 Å². The lowest BCUT2D eigenvalue weighted by atomic mass is 10.2. The summed E-state index contributed by atoms with van der Waals surface area (Å²) in [6, 6.07) is 5.21. The number of hydrogen-bond donors (Lipinski definition) is 1. The zero-order valence-corrected chi connectivity index (χ0v) is 13.1. The zero-order chi connectivity index (χ0) is 16.4. The highest BCUT2D eigenvalue weighted by Crippen LogP contribution is 2.24.